The molecule has 2 heterocycles. The van der Waals surface area contributed by atoms with Gasteiger partial charge in [0.25, 0.3) is 0 Å². The lowest BCUT2D eigenvalue weighted by atomic mass is 10.1. The van der Waals surface area contributed by atoms with Crippen molar-refractivity contribution in [2.24, 2.45) is 5.92 Å². The molecule has 6 heteroatoms. The summed E-state index contributed by atoms with van der Waals surface area (Å²) in [6.45, 7) is 18.9. The maximum absolute atomic E-state index is 8.83. The average Bonchev–Trinajstić information content (AvgIpc) is 3.18. The summed E-state index contributed by atoms with van der Waals surface area (Å²) in [5, 5.41) is 25.3. The zero-order valence-corrected chi connectivity index (χ0v) is 20.0. The number of likely N-dealkylation sites (tertiary alicyclic amines) is 1. The molecule has 0 radical (unpaired) electrons. The number of hydrogen-bond acceptors (Lipinski definition) is 6. The minimum Gasteiger partial charge on any atom is -0.394 e. The first-order valence-corrected chi connectivity index (χ1v) is 10.8. The van der Waals surface area contributed by atoms with Gasteiger partial charge in [-0.25, -0.2) is 0 Å². The van der Waals surface area contributed by atoms with Crippen LogP contribution in [0.4, 0.5) is 0 Å². The van der Waals surface area contributed by atoms with Gasteiger partial charge in [0.2, 0.25) is 0 Å². The van der Waals surface area contributed by atoms with Gasteiger partial charge in [0.05, 0.1) is 31.0 Å². The van der Waals surface area contributed by atoms with Gasteiger partial charge < -0.3 is 29.7 Å². The second-order valence-electron chi connectivity index (χ2n) is 8.93. The SMILES string of the molecule is CC1CCN(C)C1.CCC(C)(C)O.CCC(O)CO.CCC1COC(C)(C)O1. The molecule has 0 aliphatic carbocycles. The summed E-state index contributed by atoms with van der Waals surface area (Å²) in [7, 11) is 2.18. The molecule has 28 heavy (non-hydrogen) atoms. The van der Waals surface area contributed by atoms with E-state index in [4.69, 9.17) is 24.8 Å². The number of rotatable bonds is 4. The highest BCUT2D eigenvalue weighted by Crippen LogP contribution is 2.23. The van der Waals surface area contributed by atoms with Crippen LogP contribution in [0.15, 0.2) is 0 Å². The molecule has 2 aliphatic rings. The van der Waals surface area contributed by atoms with Crippen LogP contribution in [-0.4, -0.2) is 77.2 Å². The van der Waals surface area contributed by atoms with Crippen molar-refractivity contribution in [3.05, 3.63) is 0 Å². The van der Waals surface area contributed by atoms with Crippen molar-refractivity contribution in [2.45, 2.75) is 105 Å². The molecule has 172 valence electrons. The summed E-state index contributed by atoms with van der Waals surface area (Å²) in [5.41, 5.74) is -0.458. The third-order valence-corrected chi connectivity index (χ3v) is 4.70. The van der Waals surface area contributed by atoms with E-state index in [1.165, 1.54) is 19.5 Å². The summed E-state index contributed by atoms with van der Waals surface area (Å²) >= 11 is 0. The highest BCUT2D eigenvalue weighted by molar-refractivity contribution is 4.69. The summed E-state index contributed by atoms with van der Waals surface area (Å²) < 4.78 is 10.8. The normalized spacial score (nSPS) is 24.9. The predicted molar refractivity (Wildman–Crippen MR) is 116 cm³/mol. The molecule has 2 fully saturated rings. The van der Waals surface area contributed by atoms with Crippen molar-refractivity contribution in [2.75, 3.05) is 33.4 Å². The van der Waals surface area contributed by atoms with Gasteiger partial charge >= 0.3 is 0 Å². The van der Waals surface area contributed by atoms with Gasteiger partial charge in [0.1, 0.15) is 0 Å². The third-order valence-electron chi connectivity index (χ3n) is 4.70. The lowest BCUT2D eigenvalue weighted by molar-refractivity contribution is -0.138. The molecule has 0 saturated carbocycles. The highest BCUT2D eigenvalue weighted by atomic mass is 16.7. The molecule has 0 amide bonds. The number of hydrogen-bond donors (Lipinski definition) is 3. The van der Waals surface area contributed by atoms with E-state index in [1.807, 2.05) is 27.7 Å². The first-order chi connectivity index (χ1) is 12.8. The minimum absolute atomic E-state index is 0.115. The van der Waals surface area contributed by atoms with Crippen LogP contribution in [-0.2, 0) is 9.47 Å². The van der Waals surface area contributed by atoms with Crippen molar-refractivity contribution >= 4 is 0 Å². The van der Waals surface area contributed by atoms with E-state index in [9.17, 15) is 0 Å². The lowest BCUT2D eigenvalue weighted by Crippen LogP contribution is -2.21. The monoisotopic (exact) mass is 407 g/mol. The van der Waals surface area contributed by atoms with Crippen LogP contribution >= 0.6 is 0 Å². The van der Waals surface area contributed by atoms with Gasteiger partial charge in [-0.1, -0.05) is 27.7 Å². The number of aliphatic hydroxyl groups excluding tert-OH is 2. The largest absolute Gasteiger partial charge is 0.394 e. The van der Waals surface area contributed by atoms with Gasteiger partial charge in [-0.3, -0.25) is 0 Å². The Morgan fingerprint density at radius 3 is 1.86 bits per heavy atom. The van der Waals surface area contributed by atoms with Gasteiger partial charge in [0.15, 0.2) is 5.79 Å². The van der Waals surface area contributed by atoms with Crippen LogP contribution in [0.2, 0.25) is 0 Å². The quantitative estimate of drug-likeness (QED) is 0.662. The van der Waals surface area contributed by atoms with E-state index < -0.39 is 11.7 Å². The molecule has 3 N–H and O–H groups in total. The molecule has 0 aromatic rings. The van der Waals surface area contributed by atoms with E-state index in [2.05, 4.69) is 25.8 Å². The van der Waals surface area contributed by atoms with Gasteiger partial charge in [-0.05, 0) is 72.9 Å². The van der Waals surface area contributed by atoms with E-state index in [0.29, 0.717) is 12.5 Å². The highest BCUT2D eigenvalue weighted by Gasteiger charge is 2.31. The van der Waals surface area contributed by atoms with Crippen LogP contribution in [0.5, 0.6) is 0 Å². The fraction of sp³-hybridized carbons (Fsp3) is 1.00. The van der Waals surface area contributed by atoms with Crippen LogP contribution < -0.4 is 0 Å². The first-order valence-electron chi connectivity index (χ1n) is 10.8. The van der Waals surface area contributed by atoms with E-state index >= 15 is 0 Å². The Labute approximate surface area is 174 Å². The molecule has 3 atom stereocenters. The number of aliphatic hydroxyl groups is 3. The fourth-order valence-electron chi connectivity index (χ4n) is 2.25. The molecule has 2 aliphatic heterocycles. The Morgan fingerprint density at radius 2 is 1.75 bits per heavy atom. The minimum atomic E-state index is -0.509. The maximum Gasteiger partial charge on any atom is 0.163 e. The van der Waals surface area contributed by atoms with Crippen molar-refractivity contribution in [3.8, 4) is 0 Å². The molecule has 3 unspecified atom stereocenters. The molecule has 6 nitrogen and oxygen atoms in total. The molecule has 0 spiro atoms. The lowest BCUT2D eigenvalue weighted by Gasteiger charge is -2.16. The van der Waals surface area contributed by atoms with Crippen LogP contribution in [0.3, 0.4) is 0 Å². The second-order valence-corrected chi connectivity index (χ2v) is 8.93. The molecule has 2 rings (SSSR count). The van der Waals surface area contributed by atoms with Crippen molar-refractivity contribution < 1.29 is 24.8 Å². The Hall–Kier alpha value is -0.240. The summed E-state index contributed by atoms with van der Waals surface area (Å²) in [6.07, 6.45) is 3.72. The number of nitrogens with zero attached hydrogens (tertiary/aromatic N) is 1. The Morgan fingerprint density at radius 1 is 1.21 bits per heavy atom. The zero-order valence-electron chi connectivity index (χ0n) is 20.0. The van der Waals surface area contributed by atoms with E-state index in [0.717, 1.165) is 25.4 Å². The smallest absolute Gasteiger partial charge is 0.163 e. The molecule has 0 aromatic carbocycles. The molecule has 0 aromatic heterocycles. The van der Waals surface area contributed by atoms with Gasteiger partial charge in [-0.15, -0.1) is 0 Å². The standard InChI is InChI=1S/C7H14O2.C6H13N.C5H12O.C4H10O2/c1-4-6-5-8-7(2,3)9-6;1-6-3-4-7(2)5-6;1-4-5(2,3)6;1-2-4(6)3-5/h6H,4-5H2,1-3H3;6H,3-5H2,1-2H3;6H,4H2,1-3H3;4-6H,2-3H2,1H3. The first kappa shape index (κ1) is 30.0. The predicted octanol–water partition coefficient (Wildman–Crippen LogP) is 3.42. The van der Waals surface area contributed by atoms with Crippen molar-refractivity contribution in [3.63, 3.8) is 0 Å². The Kier molecular flexibility index (Phi) is 16.7. The zero-order chi connectivity index (χ0) is 22.4. The summed E-state index contributed by atoms with van der Waals surface area (Å²) in [5.74, 6) is 0.616. The summed E-state index contributed by atoms with van der Waals surface area (Å²) in [6, 6.07) is 0. The topological polar surface area (TPSA) is 82.4 Å². The van der Waals surface area contributed by atoms with E-state index in [1.54, 1.807) is 13.8 Å². The van der Waals surface area contributed by atoms with Crippen LogP contribution in [0.1, 0.15) is 81.1 Å². The molecular formula is C22H49NO5. The molecule has 0 bridgehead atoms. The van der Waals surface area contributed by atoms with Crippen LogP contribution in [0, 0.1) is 5.92 Å². The third kappa shape index (κ3) is 19.1. The Bertz CT molecular complexity index is 345. The van der Waals surface area contributed by atoms with Gasteiger partial charge in [0, 0.05) is 6.54 Å². The molecular weight excluding hydrogens is 358 g/mol. The van der Waals surface area contributed by atoms with Gasteiger partial charge in [-0.2, -0.15) is 0 Å². The molecule has 2 saturated heterocycles. The van der Waals surface area contributed by atoms with E-state index in [-0.39, 0.29) is 12.4 Å². The fourth-order valence-corrected chi connectivity index (χ4v) is 2.25. The number of ether oxygens (including phenoxy) is 2. The Balaban J connectivity index is 0. The summed E-state index contributed by atoms with van der Waals surface area (Å²) in [4.78, 5) is 2.38. The van der Waals surface area contributed by atoms with Crippen molar-refractivity contribution in [1.82, 2.24) is 4.90 Å². The second kappa shape index (κ2) is 15.6. The average molecular weight is 408 g/mol. The maximum atomic E-state index is 8.83. The van der Waals surface area contributed by atoms with Crippen LogP contribution in [0.25, 0.3) is 0 Å². The van der Waals surface area contributed by atoms with Crippen molar-refractivity contribution in [1.29, 1.82) is 0 Å².